The zero-order valence-electron chi connectivity index (χ0n) is 21.8. The predicted molar refractivity (Wildman–Crippen MR) is 128 cm³/mol. The molecule has 0 aromatic carbocycles. The molecule has 1 aromatic heterocycles. The summed E-state index contributed by atoms with van der Waals surface area (Å²) in [7, 11) is 0.306. The predicted octanol–water partition coefficient (Wildman–Crippen LogP) is 3.32. The van der Waals surface area contributed by atoms with Gasteiger partial charge in [0.25, 0.3) is 5.56 Å². The highest BCUT2D eigenvalue weighted by molar-refractivity contribution is 7.47. The van der Waals surface area contributed by atoms with Crippen molar-refractivity contribution in [3.8, 4) is 0 Å². The first-order chi connectivity index (χ1) is 15.4. The van der Waals surface area contributed by atoms with Crippen molar-refractivity contribution in [2.24, 2.45) is 0 Å². The van der Waals surface area contributed by atoms with Gasteiger partial charge in [0, 0.05) is 44.9 Å². The Hall–Kier alpha value is -1.09. The summed E-state index contributed by atoms with van der Waals surface area (Å²) in [6.07, 6.45) is -1.20. The van der Waals surface area contributed by atoms with Crippen LogP contribution in [0.4, 0.5) is 0 Å². The van der Waals surface area contributed by atoms with Crippen LogP contribution >= 0.6 is 8.45 Å². The van der Waals surface area contributed by atoms with Crippen LogP contribution in [0.5, 0.6) is 0 Å². The fraction of sp³-hybridized carbons (Fsp3) is 0.818. The van der Waals surface area contributed by atoms with Crippen LogP contribution in [0.25, 0.3) is 0 Å². The average molecular weight is 474 g/mol. The van der Waals surface area contributed by atoms with E-state index < -0.39 is 44.2 Å². The number of nitrogens with zero attached hydrogens (tertiary/aromatic N) is 3. The highest BCUT2D eigenvalue weighted by atomic mass is 31.2. The molecule has 1 saturated heterocycles. The highest BCUT2D eigenvalue weighted by Crippen LogP contribution is 2.53. The van der Waals surface area contributed by atoms with Gasteiger partial charge >= 0.3 is 5.69 Å². The number of aromatic nitrogens is 2. The minimum atomic E-state index is -1.24. The topological polar surface area (TPSA) is 89.0 Å². The van der Waals surface area contributed by atoms with Gasteiger partial charge in [-0.3, -0.25) is 14.3 Å². The van der Waals surface area contributed by atoms with Gasteiger partial charge < -0.3 is 14.0 Å². The number of ether oxygens (including phenoxy) is 2. The Morgan fingerprint density at radius 2 is 1.56 bits per heavy atom. The van der Waals surface area contributed by atoms with Crippen LogP contribution in [0.3, 0.4) is 0 Å². The Morgan fingerprint density at radius 1 is 1.03 bits per heavy atom. The van der Waals surface area contributed by atoms with Gasteiger partial charge in [-0.2, -0.15) is 0 Å². The normalized spacial score (nSPS) is 24.8. The third-order valence-corrected chi connectivity index (χ3v) is 8.48. The molecule has 0 radical (unpaired) electrons. The Kier molecular flexibility index (Phi) is 9.06. The zero-order chi connectivity index (χ0) is 25.0. The quantitative estimate of drug-likeness (QED) is 0.522. The summed E-state index contributed by atoms with van der Waals surface area (Å²) in [4.78, 5) is 26.3. The van der Waals surface area contributed by atoms with Crippen molar-refractivity contribution < 1.29 is 15.4 Å². The van der Waals surface area contributed by atoms with E-state index >= 15 is 0 Å². The molecule has 1 fully saturated rings. The van der Waals surface area contributed by atoms with Gasteiger partial charge in [0.2, 0.25) is 0 Å². The Morgan fingerprint density at radius 3 is 1.97 bits per heavy atom. The van der Waals surface area contributed by atoms with E-state index in [-0.39, 0.29) is 31.1 Å². The van der Waals surface area contributed by atoms with Crippen LogP contribution in [0.2, 0.25) is 0 Å². The van der Waals surface area contributed by atoms with Crippen molar-refractivity contribution >= 4 is 8.45 Å². The van der Waals surface area contributed by atoms with Gasteiger partial charge in [-0.25, -0.2) is 14.1 Å². The molecule has 0 spiro atoms. The molecule has 1 unspecified atom stereocenters. The molecule has 1 aromatic rings. The second-order valence-electron chi connectivity index (χ2n) is 9.24. The largest absolute Gasteiger partial charge is 0.374 e. The summed E-state index contributed by atoms with van der Waals surface area (Å²) in [5, 5.41) is 0. The van der Waals surface area contributed by atoms with Crippen molar-refractivity contribution in [1.29, 1.82) is 0 Å². The monoisotopic (exact) mass is 473 g/mol. The number of nitrogens with one attached hydrogen (secondary N) is 1. The van der Waals surface area contributed by atoms with E-state index in [4.69, 9.17) is 15.4 Å². The zero-order valence-corrected chi connectivity index (χ0v) is 21.7. The second kappa shape index (κ2) is 11.4. The van der Waals surface area contributed by atoms with Crippen LogP contribution in [0, 0.1) is 0 Å². The first-order valence-corrected chi connectivity index (χ1v) is 12.4. The third kappa shape index (κ3) is 5.88. The Bertz CT molecular complexity index is 826. The van der Waals surface area contributed by atoms with E-state index in [1.54, 1.807) is 7.11 Å². The van der Waals surface area contributed by atoms with Crippen LogP contribution in [0.15, 0.2) is 21.9 Å². The van der Waals surface area contributed by atoms with Crippen LogP contribution < -0.4 is 11.2 Å². The smallest absolute Gasteiger partial charge is 0.330 e. The number of rotatable bonds is 10. The van der Waals surface area contributed by atoms with E-state index in [0.717, 1.165) is 0 Å². The molecular formula is C22H41N4O5P. The van der Waals surface area contributed by atoms with Crippen LogP contribution in [0.1, 0.15) is 69.9 Å². The molecule has 1 N–H and O–H groups in total. The lowest BCUT2D eigenvalue weighted by Crippen LogP contribution is -2.46. The molecule has 9 nitrogen and oxygen atoms in total. The summed E-state index contributed by atoms with van der Waals surface area (Å²) in [6, 6.07) is 2.18. The lowest BCUT2D eigenvalue weighted by molar-refractivity contribution is -0.0509. The summed E-state index contributed by atoms with van der Waals surface area (Å²) in [5.41, 5.74) is -1.07. The lowest BCUT2D eigenvalue weighted by atomic mass is 10.1. The molecule has 0 bridgehead atoms. The minimum Gasteiger partial charge on any atom is -0.374 e. The molecule has 10 heteroatoms. The molecule has 32 heavy (non-hydrogen) atoms. The summed E-state index contributed by atoms with van der Waals surface area (Å²) in [6.45, 7) is 17.2. The van der Waals surface area contributed by atoms with E-state index in [1.807, 2.05) is 0 Å². The highest BCUT2D eigenvalue weighted by Gasteiger charge is 2.48. The molecule has 0 aliphatic carbocycles. The molecule has 184 valence electrons. The average Bonchev–Trinajstić information content (AvgIpc) is 3.03. The summed E-state index contributed by atoms with van der Waals surface area (Å²) in [5.74, 6) is 0. The van der Waals surface area contributed by atoms with Crippen molar-refractivity contribution in [3.05, 3.63) is 33.1 Å². The van der Waals surface area contributed by atoms with Crippen LogP contribution in [-0.4, -0.2) is 68.5 Å². The summed E-state index contributed by atoms with van der Waals surface area (Å²) >= 11 is 0. The lowest BCUT2D eigenvalue weighted by Gasteiger charge is -2.47. The number of methoxy groups -OCH3 is 1. The van der Waals surface area contributed by atoms with Crippen molar-refractivity contribution in [2.75, 3.05) is 7.11 Å². The van der Waals surface area contributed by atoms with E-state index in [9.17, 15) is 9.59 Å². The van der Waals surface area contributed by atoms with E-state index in [2.05, 4.69) is 69.7 Å². The number of H-pyrrole nitrogens is 1. The maximum atomic E-state index is 12.5. The molecular weight excluding hydrogens is 431 g/mol. The van der Waals surface area contributed by atoms with Gasteiger partial charge in [-0.05, 0) is 62.3 Å². The van der Waals surface area contributed by atoms with Crippen molar-refractivity contribution in [2.45, 2.75) is 111 Å². The van der Waals surface area contributed by atoms with Crippen LogP contribution in [-0.2, 0) is 14.0 Å². The fourth-order valence-electron chi connectivity index (χ4n) is 4.26. The van der Waals surface area contributed by atoms with Crippen molar-refractivity contribution in [1.82, 2.24) is 18.9 Å². The van der Waals surface area contributed by atoms with Gasteiger partial charge in [0.05, 0.1) is 6.10 Å². The SMILES string of the molecule is [2H]C[C@H]1O[C@@H](n2ccc(=O)[nH]c2=O)[C@@H](OC)C1OP(N(C(C)C)C(C)C)N(C(C)C)C(C)C. The van der Waals surface area contributed by atoms with Gasteiger partial charge in [-0.15, -0.1) is 0 Å². The van der Waals surface area contributed by atoms with Gasteiger partial charge in [-0.1, -0.05) is 0 Å². The van der Waals surface area contributed by atoms with Gasteiger partial charge in [0.1, 0.15) is 12.2 Å². The molecule has 4 atom stereocenters. The maximum absolute atomic E-state index is 12.5. The first-order valence-electron chi connectivity index (χ1n) is 12.0. The molecule has 1 aliphatic rings. The Labute approximate surface area is 194 Å². The standard InChI is InChI=1S/C22H41N4O5P/c1-13(2)25(14(3)4)32(26(15(5)6)16(7)8)31-19-17(9)30-21(20(19)29-10)24-12-11-18(27)23-22(24)28/h11-17,19-21H,1-10H3,(H,23,27,28)/t17-,19?,20+,21-/m1/s1/i9D. The molecule has 2 rings (SSSR count). The summed E-state index contributed by atoms with van der Waals surface area (Å²) < 4.78 is 32.9. The molecule has 0 saturated carbocycles. The third-order valence-electron chi connectivity index (χ3n) is 5.41. The minimum absolute atomic E-state index is 0.0466. The van der Waals surface area contributed by atoms with Crippen molar-refractivity contribution in [3.63, 3.8) is 0 Å². The molecule has 1 aliphatic heterocycles. The maximum Gasteiger partial charge on any atom is 0.330 e. The van der Waals surface area contributed by atoms with E-state index in [0.29, 0.717) is 0 Å². The number of aromatic amines is 1. The Balaban J connectivity index is 2.51. The number of hydrogen-bond acceptors (Lipinski definition) is 7. The first kappa shape index (κ1) is 25.5. The molecule has 2 heterocycles. The second-order valence-corrected chi connectivity index (χ2v) is 10.9. The molecule has 0 amide bonds. The van der Waals surface area contributed by atoms with Gasteiger partial charge in [0.15, 0.2) is 14.7 Å². The van der Waals surface area contributed by atoms with E-state index in [1.165, 1.54) is 16.8 Å². The number of hydrogen-bond donors (Lipinski definition) is 1. The fourth-order valence-corrected chi connectivity index (χ4v) is 6.77.